The highest BCUT2D eigenvalue weighted by atomic mass is 16.5. The van der Waals surface area contributed by atoms with Crippen LogP contribution in [-0.4, -0.2) is 86.1 Å². The van der Waals surface area contributed by atoms with E-state index in [0.717, 1.165) is 23.2 Å². The van der Waals surface area contributed by atoms with Gasteiger partial charge in [0.1, 0.15) is 12.1 Å². The lowest BCUT2D eigenvalue weighted by Gasteiger charge is -2.51. The predicted molar refractivity (Wildman–Crippen MR) is 165 cm³/mol. The summed E-state index contributed by atoms with van der Waals surface area (Å²) in [5, 5.41) is 14.1. The molecule has 1 aromatic carbocycles. The smallest absolute Gasteiger partial charge is 0.276 e. The molecule has 5 heterocycles. The lowest BCUT2D eigenvalue weighted by Crippen LogP contribution is -2.63. The first-order valence-corrected chi connectivity index (χ1v) is 15.9. The number of amides is 4. The number of likely N-dealkylation sites (tertiary alicyclic amines) is 1. The number of benzene rings is 1. The van der Waals surface area contributed by atoms with Gasteiger partial charge in [0.05, 0.1) is 11.8 Å². The number of piperidine rings is 2. The van der Waals surface area contributed by atoms with Crippen molar-refractivity contribution in [1.82, 2.24) is 35.4 Å². The molecule has 12 nitrogen and oxygen atoms in total. The van der Waals surface area contributed by atoms with Crippen LogP contribution in [0, 0.1) is 18.8 Å². The fraction of sp³-hybridized carbons (Fsp3) is 0.515. The Morgan fingerprint density at radius 3 is 2.64 bits per heavy atom. The summed E-state index contributed by atoms with van der Waals surface area (Å²) >= 11 is 0. The summed E-state index contributed by atoms with van der Waals surface area (Å²) in [5.41, 5.74) is 3.02. The molecule has 0 saturated carbocycles. The molecule has 2 bridgehead atoms. The highest BCUT2D eigenvalue weighted by Gasteiger charge is 2.45. The van der Waals surface area contributed by atoms with Crippen molar-refractivity contribution in [3.63, 3.8) is 0 Å². The van der Waals surface area contributed by atoms with Gasteiger partial charge < -0.3 is 25.0 Å². The number of aryl methyl sites for hydroxylation is 2. The topological polar surface area (TPSA) is 143 Å². The molecule has 2 aromatic heterocycles. The summed E-state index contributed by atoms with van der Waals surface area (Å²) in [6, 6.07) is 9.89. The van der Waals surface area contributed by atoms with Gasteiger partial charge in [-0.2, -0.15) is 5.10 Å². The maximum Gasteiger partial charge on any atom is 0.276 e. The van der Waals surface area contributed by atoms with Gasteiger partial charge in [0, 0.05) is 50.9 Å². The van der Waals surface area contributed by atoms with E-state index >= 15 is 0 Å². The average molecular weight is 616 g/mol. The van der Waals surface area contributed by atoms with Gasteiger partial charge in [-0.15, -0.1) is 0 Å². The summed E-state index contributed by atoms with van der Waals surface area (Å²) in [7, 11) is 1.84. The Kier molecular flexibility index (Phi) is 8.73. The van der Waals surface area contributed by atoms with E-state index in [9.17, 15) is 19.2 Å². The molecular weight excluding hydrogens is 574 g/mol. The standard InChI is InChI=1S/C33H41N7O5/c1-20-32(43)40-18-23-14-24(19-39(17-23)33(44)27-15-29(45-37-27)25-16-34-38(3)21(25)2)28(40)10-7-11-30(41)36-26(31(42)35-20)13-12-22-8-5-4-6-9-22/h4-6,8-9,15-16,20,23-24,26,28H,7,10-14,17-19H2,1-3H3,(H,35,42)(H,36,41)/t20-,23+,24-,26+,28+/m1/s1. The van der Waals surface area contributed by atoms with Gasteiger partial charge in [-0.25, -0.2) is 0 Å². The lowest BCUT2D eigenvalue weighted by molar-refractivity contribution is -0.145. The fourth-order valence-corrected chi connectivity index (χ4v) is 7.13. The van der Waals surface area contributed by atoms with Crippen LogP contribution in [0.3, 0.4) is 0 Å². The van der Waals surface area contributed by atoms with Crippen LogP contribution in [0.5, 0.6) is 0 Å². The summed E-state index contributed by atoms with van der Waals surface area (Å²) in [6.45, 7) is 5.11. The van der Waals surface area contributed by atoms with Gasteiger partial charge in [0.25, 0.3) is 5.91 Å². The van der Waals surface area contributed by atoms with E-state index in [-0.39, 0.29) is 53.6 Å². The third kappa shape index (κ3) is 6.50. The highest BCUT2D eigenvalue weighted by molar-refractivity contribution is 5.94. The zero-order valence-corrected chi connectivity index (χ0v) is 26.1. The van der Waals surface area contributed by atoms with Crippen LogP contribution in [0.1, 0.15) is 60.8 Å². The Morgan fingerprint density at radius 2 is 1.89 bits per heavy atom. The molecule has 2 N–H and O–H groups in total. The Balaban J connectivity index is 1.15. The number of fused-ring (bicyclic) bond motifs is 4. The van der Waals surface area contributed by atoms with Crippen LogP contribution in [0.4, 0.5) is 0 Å². The van der Waals surface area contributed by atoms with E-state index < -0.39 is 12.1 Å². The SMILES string of the molecule is Cc1c(-c2cc(C(=O)N3C[C@@H]4C[C@H](C3)[C@@H]3CCCC(=O)N[C@@H](CCc5ccccc5)C(=O)N[C@H](C)C(=O)N3C4)no2)cnn1C. The van der Waals surface area contributed by atoms with Crippen LogP contribution >= 0.6 is 0 Å². The van der Waals surface area contributed by atoms with E-state index in [1.165, 1.54) is 0 Å². The van der Waals surface area contributed by atoms with Gasteiger partial charge in [0.2, 0.25) is 17.7 Å². The van der Waals surface area contributed by atoms with Crippen molar-refractivity contribution in [1.29, 1.82) is 0 Å². The van der Waals surface area contributed by atoms with E-state index in [4.69, 9.17) is 4.52 Å². The zero-order chi connectivity index (χ0) is 31.7. The second kappa shape index (κ2) is 12.9. The molecule has 3 aliphatic rings. The van der Waals surface area contributed by atoms with Gasteiger partial charge in [-0.3, -0.25) is 23.9 Å². The summed E-state index contributed by atoms with van der Waals surface area (Å²) < 4.78 is 7.27. The van der Waals surface area contributed by atoms with Crippen molar-refractivity contribution in [2.24, 2.45) is 18.9 Å². The van der Waals surface area contributed by atoms with E-state index in [1.807, 2.05) is 54.1 Å². The van der Waals surface area contributed by atoms with Gasteiger partial charge in [-0.05, 0) is 63.4 Å². The molecule has 6 rings (SSSR count). The molecule has 3 saturated heterocycles. The third-order valence-corrected chi connectivity index (χ3v) is 9.62. The summed E-state index contributed by atoms with van der Waals surface area (Å²) in [5.74, 6) is -0.203. The number of carbonyl (C=O) groups excluding carboxylic acids is 4. The molecular formula is C33H41N7O5. The van der Waals surface area contributed by atoms with Crippen LogP contribution in [0.15, 0.2) is 47.1 Å². The van der Waals surface area contributed by atoms with Crippen LogP contribution in [-0.2, 0) is 27.9 Å². The summed E-state index contributed by atoms with van der Waals surface area (Å²) in [6.07, 6.45) is 5.14. The summed E-state index contributed by atoms with van der Waals surface area (Å²) in [4.78, 5) is 57.5. The molecule has 3 aromatic rings. The molecule has 5 atom stereocenters. The van der Waals surface area contributed by atoms with Crippen molar-refractivity contribution in [3.05, 3.63) is 59.5 Å². The first-order valence-electron chi connectivity index (χ1n) is 15.9. The highest BCUT2D eigenvalue weighted by Crippen LogP contribution is 2.37. The molecule has 0 spiro atoms. The molecule has 45 heavy (non-hydrogen) atoms. The van der Waals surface area contributed by atoms with Crippen molar-refractivity contribution in [3.8, 4) is 11.3 Å². The first kappa shape index (κ1) is 30.5. The Labute approximate surface area is 262 Å². The molecule has 4 amide bonds. The van der Waals surface area contributed by atoms with Crippen LogP contribution in [0.25, 0.3) is 11.3 Å². The van der Waals surface area contributed by atoms with Crippen LogP contribution < -0.4 is 10.6 Å². The molecule has 12 heteroatoms. The number of hydrogen-bond donors (Lipinski definition) is 2. The molecule has 3 aliphatic heterocycles. The molecule has 3 fully saturated rings. The number of hydrogen-bond acceptors (Lipinski definition) is 7. The molecule has 0 unspecified atom stereocenters. The lowest BCUT2D eigenvalue weighted by atomic mass is 9.77. The van der Waals surface area contributed by atoms with Crippen LogP contribution in [0.2, 0.25) is 0 Å². The van der Waals surface area contributed by atoms with Gasteiger partial charge in [0.15, 0.2) is 11.5 Å². The second-order valence-corrected chi connectivity index (χ2v) is 12.7. The molecule has 0 radical (unpaired) electrons. The Bertz CT molecular complexity index is 1570. The minimum atomic E-state index is -0.739. The minimum absolute atomic E-state index is 0.0462. The van der Waals surface area contributed by atoms with Crippen molar-refractivity contribution >= 4 is 23.6 Å². The maximum absolute atomic E-state index is 13.8. The van der Waals surface area contributed by atoms with Gasteiger partial charge in [-0.1, -0.05) is 35.5 Å². The van der Waals surface area contributed by atoms with Crippen molar-refractivity contribution in [2.45, 2.75) is 70.5 Å². The number of rotatable bonds is 5. The quantitative estimate of drug-likeness (QED) is 0.449. The average Bonchev–Trinajstić information content (AvgIpc) is 3.65. The minimum Gasteiger partial charge on any atom is -0.355 e. The van der Waals surface area contributed by atoms with Crippen molar-refractivity contribution < 1.29 is 23.7 Å². The molecule has 238 valence electrons. The van der Waals surface area contributed by atoms with Crippen molar-refractivity contribution in [2.75, 3.05) is 19.6 Å². The normalized spacial score (nSPS) is 25.9. The van der Waals surface area contributed by atoms with E-state index in [0.29, 0.717) is 51.1 Å². The van der Waals surface area contributed by atoms with E-state index in [1.54, 1.807) is 23.9 Å². The number of nitrogens with zero attached hydrogens (tertiary/aromatic N) is 5. The predicted octanol–water partition coefficient (Wildman–Crippen LogP) is 2.48. The fourth-order valence-electron chi connectivity index (χ4n) is 7.13. The number of aromatic nitrogens is 3. The maximum atomic E-state index is 13.8. The second-order valence-electron chi connectivity index (χ2n) is 12.7. The number of carbonyl (C=O) groups is 4. The monoisotopic (exact) mass is 615 g/mol. The number of nitrogens with one attached hydrogen (secondary N) is 2. The molecule has 0 aliphatic carbocycles. The zero-order valence-electron chi connectivity index (χ0n) is 26.1. The largest absolute Gasteiger partial charge is 0.355 e. The Morgan fingerprint density at radius 1 is 1.09 bits per heavy atom. The third-order valence-electron chi connectivity index (χ3n) is 9.62. The van der Waals surface area contributed by atoms with Gasteiger partial charge >= 0.3 is 0 Å². The Hall–Kier alpha value is -4.48. The first-order chi connectivity index (χ1) is 21.7. The van der Waals surface area contributed by atoms with E-state index in [2.05, 4.69) is 20.9 Å².